The average Bonchev–Trinajstić information content (AvgIpc) is 2.90. The summed E-state index contributed by atoms with van der Waals surface area (Å²) in [4.78, 5) is 32.4. The fourth-order valence-electron chi connectivity index (χ4n) is 2.63. The van der Waals surface area contributed by atoms with Gasteiger partial charge in [-0.15, -0.1) is 0 Å². The van der Waals surface area contributed by atoms with Gasteiger partial charge in [-0.05, 0) is 12.8 Å². The molecule has 102 valence electrons. The van der Waals surface area contributed by atoms with Gasteiger partial charge < -0.3 is 15.4 Å². The largest absolute Gasteiger partial charge is 0.381 e. The van der Waals surface area contributed by atoms with Gasteiger partial charge in [-0.3, -0.25) is 14.6 Å². The zero-order valence-electron chi connectivity index (χ0n) is 10.5. The molecular formula is C12H16N4O3. The van der Waals surface area contributed by atoms with Crippen LogP contribution in [0.2, 0.25) is 0 Å². The van der Waals surface area contributed by atoms with Crippen molar-refractivity contribution in [2.45, 2.75) is 19.4 Å². The summed E-state index contributed by atoms with van der Waals surface area (Å²) in [6.45, 7) is 2.05. The van der Waals surface area contributed by atoms with E-state index >= 15 is 0 Å². The van der Waals surface area contributed by atoms with Crippen molar-refractivity contribution in [3.05, 3.63) is 21.6 Å². The minimum absolute atomic E-state index is 0.0547. The molecule has 3 rings (SSSR count). The first kappa shape index (κ1) is 12.2. The van der Waals surface area contributed by atoms with Crippen molar-refractivity contribution in [3.8, 4) is 0 Å². The molecule has 1 amide bonds. The molecule has 2 aliphatic rings. The summed E-state index contributed by atoms with van der Waals surface area (Å²) in [5, 5.41) is 0. The van der Waals surface area contributed by atoms with E-state index in [0.29, 0.717) is 44.0 Å². The van der Waals surface area contributed by atoms with E-state index in [1.165, 1.54) is 0 Å². The molecule has 2 aliphatic heterocycles. The predicted molar refractivity (Wildman–Crippen MR) is 67.3 cm³/mol. The zero-order valence-corrected chi connectivity index (χ0v) is 10.5. The van der Waals surface area contributed by atoms with Crippen LogP contribution in [0, 0.1) is 5.92 Å². The van der Waals surface area contributed by atoms with Gasteiger partial charge in [0.05, 0.1) is 24.8 Å². The van der Waals surface area contributed by atoms with Crippen LogP contribution in [0.15, 0.2) is 4.79 Å². The minimum Gasteiger partial charge on any atom is -0.381 e. The van der Waals surface area contributed by atoms with Crippen LogP contribution in [0.4, 0.5) is 5.95 Å². The topological polar surface area (TPSA) is 101 Å². The SMILES string of the molecule is Nc1nc2c(c(=O)[nH]1)CCN(C(=O)C1CCOC1)C2. The molecule has 0 saturated carbocycles. The number of nitrogens with one attached hydrogen (secondary N) is 1. The normalized spacial score (nSPS) is 22.3. The molecule has 0 bridgehead atoms. The molecule has 3 heterocycles. The van der Waals surface area contributed by atoms with Crippen molar-refractivity contribution < 1.29 is 9.53 Å². The van der Waals surface area contributed by atoms with Crippen molar-refractivity contribution in [1.29, 1.82) is 0 Å². The van der Waals surface area contributed by atoms with E-state index in [1.54, 1.807) is 4.90 Å². The van der Waals surface area contributed by atoms with E-state index < -0.39 is 0 Å². The molecule has 1 fully saturated rings. The van der Waals surface area contributed by atoms with Crippen LogP contribution in [0.1, 0.15) is 17.7 Å². The van der Waals surface area contributed by atoms with Gasteiger partial charge in [0.15, 0.2) is 0 Å². The molecule has 0 radical (unpaired) electrons. The number of rotatable bonds is 1. The number of fused-ring (bicyclic) bond motifs is 1. The first-order valence-electron chi connectivity index (χ1n) is 6.39. The third-order valence-corrected chi connectivity index (χ3v) is 3.68. The summed E-state index contributed by atoms with van der Waals surface area (Å²) in [5.41, 5.74) is 6.59. The van der Waals surface area contributed by atoms with Crippen LogP contribution < -0.4 is 11.3 Å². The highest BCUT2D eigenvalue weighted by Gasteiger charge is 2.31. The standard InChI is InChI=1S/C12H16N4O3/c13-12-14-9-5-16(3-1-8(9)10(17)15-12)11(18)7-2-4-19-6-7/h7H,1-6H2,(H3,13,14,15,17). The number of aromatic amines is 1. The molecule has 1 aromatic rings. The van der Waals surface area contributed by atoms with Gasteiger partial charge >= 0.3 is 0 Å². The summed E-state index contributed by atoms with van der Waals surface area (Å²) in [6.07, 6.45) is 1.30. The van der Waals surface area contributed by atoms with Crippen molar-refractivity contribution in [2.75, 3.05) is 25.5 Å². The summed E-state index contributed by atoms with van der Waals surface area (Å²) in [6, 6.07) is 0. The highest BCUT2D eigenvalue weighted by atomic mass is 16.5. The number of nitrogen functional groups attached to an aromatic ring is 1. The van der Waals surface area contributed by atoms with Crippen LogP contribution in [-0.2, 0) is 22.5 Å². The molecule has 7 nitrogen and oxygen atoms in total. The van der Waals surface area contributed by atoms with Crippen LogP contribution in [-0.4, -0.2) is 40.5 Å². The lowest BCUT2D eigenvalue weighted by Gasteiger charge is -2.29. The molecule has 0 spiro atoms. The van der Waals surface area contributed by atoms with Crippen LogP contribution in [0.3, 0.4) is 0 Å². The fourth-order valence-corrected chi connectivity index (χ4v) is 2.63. The number of H-pyrrole nitrogens is 1. The number of amides is 1. The molecule has 19 heavy (non-hydrogen) atoms. The second-order valence-corrected chi connectivity index (χ2v) is 4.95. The molecule has 1 saturated heterocycles. The number of aromatic nitrogens is 2. The van der Waals surface area contributed by atoms with Crippen molar-refractivity contribution in [3.63, 3.8) is 0 Å². The van der Waals surface area contributed by atoms with Crippen molar-refractivity contribution in [2.24, 2.45) is 5.92 Å². The second kappa shape index (κ2) is 4.65. The lowest BCUT2D eigenvalue weighted by molar-refractivity contribution is -0.136. The predicted octanol–water partition coefficient (Wildman–Crippen LogP) is -0.727. The van der Waals surface area contributed by atoms with E-state index in [-0.39, 0.29) is 23.3 Å². The molecule has 0 aromatic carbocycles. The average molecular weight is 264 g/mol. The van der Waals surface area contributed by atoms with Gasteiger partial charge in [-0.25, -0.2) is 4.98 Å². The Bertz CT molecular complexity index is 563. The number of nitrogens with zero attached hydrogens (tertiary/aromatic N) is 2. The van der Waals surface area contributed by atoms with E-state index in [0.717, 1.165) is 6.42 Å². The maximum atomic E-state index is 12.3. The fraction of sp³-hybridized carbons (Fsp3) is 0.583. The van der Waals surface area contributed by atoms with Crippen molar-refractivity contribution >= 4 is 11.9 Å². The molecule has 1 unspecified atom stereocenters. The Balaban J connectivity index is 1.81. The van der Waals surface area contributed by atoms with E-state index in [9.17, 15) is 9.59 Å². The smallest absolute Gasteiger partial charge is 0.255 e. The third-order valence-electron chi connectivity index (χ3n) is 3.68. The second-order valence-electron chi connectivity index (χ2n) is 4.95. The lowest BCUT2D eigenvalue weighted by atomic mass is 10.0. The minimum atomic E-state index is -0.196. The Morgan fingerprint density at radius 2 is 2.37 bits per heavy atom. The zero-order chi connectivity index (χ0) is 13.4. The monoisotopic (exact) mass is 264 g/mol. The maximum Gasteiger partial charge on any atom is 0.255 e. The summed E-state index contributed by atoms with van der Waals surface area (Å²) < 4.78 is 5.24. The number of nitrogens with two attached hydrogens (primary N) is 1. The molecule has 1 atom stereocenters. The van der Waals surface area contributed by atoms with Gasteiger partial charge in [-0.1, -0.05) is 0 Å². The van der Waals surface area contributed by atoms with E-state index in [1.807, 2.05) is 0 Å². The van der Waals surface area contributed by atoms with Gasteiger partial charge in [-0.2, -0.15) is 0 Å². The number of ether oxygens (including phenoxy) is 1. The summed E-state index contributed by atoms with van der Waals surface area (Å²) in [7, 11) is 0. The Hall–Kier alpha value is -1.89. The lowest BCUT2D eigenvalue weighted by Crippen LogP contribution is -2.42. The van der Waals surface area contributed by atoms with E-state index in [4.69, 9.17) is 10.5 Å². The first-order valence-corrected chi connectivity index (χ1v) is 6.39. The number of hydrogen-bond acceptors (Lipinski definition) is 5. The highest BCUT2D eigenvalue weighted by Crippen LogP contribution is 2.20. The quantitative estimate of drug-likeness (QED) is 0.696. The van der Waals surface area contributed by atoms with Gasteiger partial charge in [0, 0.05) is 18.7 Å². The number of hydrogen-bond donors (Lipinski definition) is 2. The summed E-state index contributed by atoms with van der Waals surface area (Å²) in [5.74, 6) is 0.131. The molecular weight excluding hydrogens is 248 g/mol. The molecule has 0 aliphatic carbocycles. The molecule has 3 N–H and O–H groups in total. The van der Waals surface area contributed by atoms with Gasteiger partial charge in [0.1, 0.15) is 0 Å². The van der Waals surface area contributed by atoms with Crippen LogP contribution >= 0.6 is 0 Å². The van der Waals surface area contributed by atoms with Gasteiger partial charge in [0.25, 0.3) is 5.56 Å². The first-order chi connectivity index (χ1) is 9.15. The number of carbonyl (C=O) groups excluding carboxylic acids is 1. The summed E-state index contributed by atoms with van der Waals surface area (Å²) >= 11 is 0. The van der Waals surface area contributed by atoms with Gasteiger partial charge in [0.2, 0.25) is 11.9 Å². The Morgan fingerprint density at radius 1 is 1.53 bits per heavy atom. The number of carbonyl (C=O) groups is 1. The Labute approximate surface area is 109 Å². The van der Waals surface area contributed by atoms with Crippen LogP contribution in [0.5, 0.6) is 0 Å². The molecule has 1 aromatic heterocycles. The number of anilines is 1. The third kappa shape index (κ3) is 2.21. The Kier molecular flexibility index (Phi) is 2.98. The Morgan fingerprint density at radius 3 is 3.11 bits per heavy atom. The highest BCUT2D eigenvalue weighted by molar-refractivity contribution is 5.79. The molecule has 7 heteroatoms. The van der Waals surface area contributed by atoms with Crippen molar-refractivity contribution in [1.82, 2.24) is 14.9 Å². The van der Waals surface area contributed by atoms with E-state index in [2.05, 4.69) is 9.97 Å². The maximum absolute atomic E-state index is 12.3. The van der Waals surface area contributed by atoms with Crippen LogP contribution in [0.25, 0.3) is 0 Å².